The molecule has 2 rings (SSSR count). The van der Waals surface area contributed by atoms with Gasteiger partial charge in [0.2, 0.25) is 0 Å². The molecule has 0 atom stereocenters. The first-order valence-electron chi connectivity index (χ1n) is 7.49. The van der Waals surface area contributed by atoms with Gasteiger partial charge in [-0.15, -0.1) is 0 Å². The van der Waals surface area contributed by atoms with E-state index in [9.17, 15) is 0 Å². The van der Waals surface area contributed by atoms with Crippen molar-refractivity contribution in [2.45, 2.75) is 40.3 Å². The molecule has 0 bridgehead atoms. The summed E-state index contributed by atoms with van der Waals surface area (Å²) >= 11 is 0. The van der Waals surface area contributed by atoms with Gasteiger partial charge in [-0.05, 0) is 53.8 Å². The Bertz CT molecular complexity index is 617. The molecule has 0 aliphatic heterocycles. The Kier molecular flexibility index (Phi) is 5.03. The quantitative estimate of drug-likeness (QED) is 0.873. The van der Waals surface area contributed by atoms with E-state index in [2.05, 4.69) is 63.3 Å². The molecule has 0 fully saturated rings. The van der Waals surface area contributed by atoms with Crippen molar-refractivity contribution in [2.75, 3.05) is 7.11 Å². The summed E-state index contributed by atoms with van der Waals surface area (Å²) in [7, 11) is 1.70. The van der Waals surface area contributed by atoms with Crippen LogP contribution in [0.1, 0.15) is 30.5 Å². The fraction of sp³-hybridized carbons (Fsp3) is 0.368. The van der Waals surface area contributed by atoms with E-state index in [1.807, 2.05) is 6.07 Å². The van der Waals surface area contributed by atoms with Crippen molar-refractivity contribution < 1.29 is 4.74 Å². The Morgan fingerprint density at radius 2 is 1.57 bits per heavy atom. The average Bonchev–Trinajstić information content (AvgIpc) is 2.45. The van der Waals surface area contributed by atoms with E-state index in [1.54, 1.807) is 7.11 Å². The maximum Gasteiger partial charge on any atom is 0.119 e. The second-order valence-corrected chi connectivity index (χ2v) is 5.87. The summed E-state index contributed by atoms with van der Waals surface area (Å²) in [5.41, 5.74) is 6.45. The molecule has 0 aliphatic rings. The van der Waals surface area contributed by atoms with E-state index in [4.69, 9.17) is 4.74 Å². The van der Waals surface area contributed by atoms with Crippen molar-refractivity contribution in [3.05, 3.63) is 53.1 Å². The minimum absolute atomic E-state index is 0.508. The number of ether oxygens (including phenoxy) is 1. The first-order chi connectivity index (χ1) is 10.0. The van der Waals surface area contributed by atoms with Crippen molar-refractivity contribution in [3.8, 4) is 16.9 Å². The zero-order chi connectivity index (χ0) is 15.4. The minimum atomic E-state index is 0.508. The number of rotatable bonds is 5. The maximum absolute atomic E-state index is 5.28. The molecule has 0 aliphatic carbocycles. The standard InChI is InChI=1S/C19H25NO/c1-13(2)20-12-16-6-8-18(14(3)10-16)19-9-7-17(21-5)11-15(19)4/h6-11,13,20H,12H2,1-5H3. The molecule has 112 valence electrons. The third-order valence-electron chi connectivity index (χ3n) is 3.73. The number of nitrogens with one attached hydrogen (secondary N) is 1. The topological polar surface area (TPSA) is 21.3 Å². The highest BCUT2D eigenvalue weighted by atomic mass is 16.5. The number of hydrogen-bond donors (Lipinski definition) is 1. The van der Waals surface area contributed by atoms with Crippen LogP contribution in [0.15, 0.2) is 36.4 Å². The Morgan fingerprint density at radius 1 is 0.952 bits per heavy atom. The molecule has 0 saturated carbocycles. The van der Waals surface area contributed by atoms with Gasteiger partial charge in [-0.25, -0.2) is 0 Å². The maximum atomic E-state index is 5.28. The second kappa shape index (κ2) is 6.77. The Labute approximate surface area is 128 Å². The summed E-state index contributed by atoms with van der Waals surface area (Å²) in [6.07, 6.45) is 0. The second-order valence-electron chi connectivity index (χ2n) is 5.87. The van der Waals surface area contributed by atoms with Crippen LogP contribution in [0.5, 0.6) is 5.75 Å². The van der Waals surface area contributed by atoms with Gasteiger partial charge in [0.25, 0.3) is 0 Å². The number of aryl methyl sites for hydroxylation is 2. The van der Waals surface area contributed by atoms with Crippen molar-refractivity contribution in [3.63, 3.8) is 0 Å². The summed E-state index contributed by atoms with van der Waals surface area (Å²) < 4.78 is 5.28. The molecule has 0 amide bonds. The van der Waals surface area contributed by atoms with Crippen molar-refractivity contribution in [1.29, 1.82) is 0 Å². The molecular formula is C19H25NO. The van der Waals surface area contributed by atoms with Crippen LogP contribution >= 0.6 is 0 Å². The van der Waals surface area contributed by atoms with Gasteiger partial charge < -0.3 is 10.1 Å². The van der Waals surface area contributed by atoms with Crippen molar-refractivity contribution in [2.24, 2.45) is 0 Å². The predicted octanol–water partition coefficient (Wildman–Crippen LogP) is 4.48. The normalized spacial score (nSPS) is 11.0. The van der Waals surface area contributed by atoms with E-state index in [-0.39, 0.29) is 0 Å². The number of hydrogen-bond acceptors (Lipinski definition) is 2. The summed E-state index contributed by atoms with van der Waals surface area (Å²) in [6.45, 7) is 9.56. The molecule has 0 saturated heterocycles. The Hall–Kier alpha value is -1.80. The summed E-state index contributed by atoms with van der Waals surface area (Å²) in [6, 6.07) is 13.5. The lowest BCUT2D eigenvalue weighted by atomic mass is 9.95. The third kappa shape index (κ3) is 3.85. The van der Waals surface area contributed by atoms with Crippen LogP contribution < -0.4 is 10.1 Å². The van der Waals surface area contributed by atoms with Crippen LogP contribution in [0.2, 0.25) is 0 Å². The van der Waals surface area contributed by atoms with E-state index in [1.165, 1.54) is 27.8 Å². The van der Waals surface area contributed by atoms with E-state index < -0.39 is 0 Å². The van der Waals surface area contributed by atoms with Crippen LogP contribution in [0.3, 0.4) is 0 Å². The first kappa shape index (κ1) is 15.6. The molecule has 2 nitrogen and oxygen atoms in total. The fourth-order valence-electron chi connectivity index (χ4n) is 2.53. The molecule has 0 radical (unpaired) electrons. The average molecular weight is 283 g/mol. The lowest BCUT2D eigenvalue weighted by Crippen LogP contribution is -2.21. The molecule has 0 aromatic heterocycles. The predicted molar refractivity (Wildman–Crippen MR) is 89.9 cm³/mol. The van der Waals surface area contributed by atoms with Gasteiger partial charge in [0.15, 0.2) is 0 Å². The van der Waals surface area contributed by atoms with Crippen LogP contribution in [-0.2, 0) is 6.54 Å². The van der Waals surface area contributed by atoms with Crippen LogP contribution in [0.25, 0.3) is 11.1 Å². The lowest BCUT2D eigenvalue weighted by molar-refractivity contribution is 0.414. The molecular weight excluding hydrogens is 258 g/mol. The van der Waals surface area contributed by atoms with Gasteiger partial charge in [-0.1, -0.05) is 38.1 Å². The smallest absolute Gasteiger partial charge is 0.119 e. The Morgan fingerprint density at radius 3 is 2.10 bits per heavy atom. The molecule has 0 heterocycles. The van der Waals surface area contributed by atoms with Gasteiger partial charge in [0.1, 0.15) is 5.75 Å². The van der Waals surface area contributed by atoms with Gasteiger partial charge >= 0.3 is 0 Å². The lowest BCUT2D eigenvalue weighted by Gasteiger charge is -2.13. The van der Waals surface area contributed by atoms with Crippen LogP contribution in [0, 0.1) is 13.8 Å². The number of benzene rings is 2. The Balaban J connectivity index is 2.28. The summed E-state index contributed by atoms with van der Waals surface area (Å²) in [5, 5.41) is 3.46. The molecule has 0 unspecified atom stereocenters. The van der Waals surface area contributed by atoms with Gasteiger partial charge in [-0.2, -0.15) is 0 Å². The summed E-state index contributed by atoms with van der Waals surface area (Å²) in [5.74, 6) is 0.909. The van der Waals surface area contributed by atoms with E-state index in [0.717, 1.165) is 12.3 Å². The fourth-order valence-corrected chi connectivity index (χ4v) is 2.53. The molecule has 2 aromatic carbocycles. The molecule has 2 heteroatoms. The zero-order valence-corrected chi connectivity index (χ0v) is 13.7. The SMILES string of the molecule is COc1ccc(-c2ccc(CNC(C)C)cc2C)c(C)c1. The highest BCUT2D eigenvalue weighted by Gasteiger charge is 2.07. The third-order valence-corrected chi connectivity index (χ3v) is 3.73. The zero-order valence-electron chi connectivity index (χ0n) is 13.7. The molecule has 1 N–H and O–H groups in total. The van der Waals surface area contributed by atoms with Crippen LogP contribution in [0.4, 0.5) is 0 Å². The van der Waals surface area contributed by atoms with Gasteiger partial charge in [0.05, 0.1) is 7.11 Å². The first-order valence-corrected chi connectivity index (χ1v) is 7.49. The van der Waals surface area contributed by atoms with Gasteiger partial charge in [-0.3, -0.25) is 0 Å². The van der Waals surface area contributed by atoms with Crippen LogP contribution in [-0.4, -0.2) is 13.2 Å². The molecule has 2 aromatic rings. The van der Waals surface area contributed by atoms with E-state index in [0.29, 0.717) is 6.04 Å². The van der Waals surface area contributed by atoms with Crippen molar-refractivity contribution >= 4 is 0 Å². The largest absolute Gasteiger partial charge is 0.497 e. The number of methoxy groups -OCH3 is 1. The molecule has 0 spiro atoms. The monoisotopic (exact) mass is 283 g/mol. The van der Waals surface area contributed by atoms with E-state index >= 15 is 0 Å². The summed E-state index contributed by atoms with van der Waals surface area (Å²) in [4.78, 5) is 0. The highest BCUT2D eigenvalue weighted by molar-refractivity contribution is 5.71. The molecule has 21 heavy (non-hydrogen) atoms. The van der Waals surface area contributed by atoms with Gasteiger partial charge in [0, 0.05) is 12.6 Å². The highest BCUT2D eigenvalue weighted by Crippen LogP contribution is 2.29. The van der Waals surface area contributed by atoms with Crippen molar-refractivity contribution in [1.82, 2.24) is 5.32 Å². The minimum Gasteiger partial charge on any atom is -0.497 e.